The van der Waals surface area contributed by atoms with Crippen LogP contribution in [0.3, 0.4) is 0 Å². The van der Waals surface area contributed by atoms with E-state index in [4.69, 9.17) is 0 Å². The largest absolute Gasteiger partial charge is 0.348 e. The van der Waals surface area contributed by atoms with Crippen LogP contribution in [0.1, 0.15) is 60.5 Å². The van der Waals surface area contributed by atoms with Gasteiger partial charge in [-0.3, -0.25) is 9.59 Å². The van der Waals surface area contributed by atoms with Crippen LogP contribution in [0, 0.1) is 6.92 Å². The Labute approximate surface area is 167 Å². The Morgan fingerprint density at radius 2 is 1.50 bits per heavy atom. The Bertz CT molecular complexity index is 848. The molecule has 0 aromatic heterocycles. The number of benzene rings is 2. The molecular formula is C24H28N2O2. The summed E-state index contributed by atoms with van der Waals surface area (Å²) in [5.74, 6) is -0.491. The predicted molar refractivity (Wildman–Crippen MR) is 113 cm³/mol. The van der Waals surface area contributed by atoms with Gasteiger partial charge < -0.3 is 10.6 Å². The maximum atomic E-state index is 13.1. The van der Waals surface area contributed by atoms with Gasteiger partial charge in [0.1, 0.15) is 5.70 Å². The summed E-state index contributed by atoms with van der Waals surface area (Å²) in [6.07, 6.45) is 5.49. The van der Waals surface area contributed by atoms with Crippen molar-refractivity contribution in [3.63, 3.8) is 0 Å². The SMILES string of the molecule is C/C(=C(/NC(=O)c1ccccc1)C(=O)NC1CCCCC1)c1ccc(C)cc1. The third-order valence-electron chi connectivity index (χ3n) is 5.30. The summed E-state index contributed by atoms with van der Waals surface area (Å²) in [6, 6.07) is 17.1. The van der Waals surface area contributed by atoms with Crippen molar-refractivity contribution in [2.45, 2.75) is 52.0 Å². The van der Waals surface area contributed by atoms with E-state index in [0.717, 1.165) is 42.4 Å². The second kappa shape index (κ2) is 9.36. The highest BCUT2D eigenvalue weighted by Gasteiger charge is 2.22. The summed E-state index contributed by atoms with van der Waals surface area (Å²) in [7, 11) is 0. The fraction of sp³-hybridized carbons (Fsp3) is 0.333. The van der Waals surface area contributed by atoms with Crippen LogP contribution >= 0.6 is 0 Å². The first-order chi connectivity index (χ1) is 13.5. The lowest BCUT2D eigenvalue weighted by molar-refractivity contribution is -0.118. The molecule has 146 valence electrons. The van der Waals surface area contributed by atoms with Gasteiger partial charge in [0.25, 0.3) is 11.8 Å². The normalized spacial score (nSPS) is 15.5. The fourth-order valence-corrected chi connectivity index (χ4v) is 3.55. The average Bonchev–Trinajstić information content (AvgIpc) is 2.73. The Kier molecular flexibility index (Phi) is 6.64. The van der Waals surface area contributed by atoms with Gasteiger partial charge in [-0.05, 0) is 50.0 Å². The standard InChI is InChI=1S/C24H28N2O2/c1-17-13-15-19(16-14-17)18(2)22(24(28)25-21-11-7-4-8-12-21)26-23(27)20-9-5-3-6-10-20/h3,5-6,9-10,13-16,21H,4,7-8,11-12H2,1-2H3,(H,25,28)(H,26,27)/b22-18-. The first-order valence-corrected chi connectivity index (χ1v) is 10.00. The molecular weight excluding hydrogens is 348 g/mol. The zero-order chi connectivity index (χ0) is 19.9. The Hall–Kier alpha value is -2.88. The van der Waals surface area contributed by atoms with E-state index >= 15 is 0 Å². The van der Waals surface area contributed by atoms with Crippen molar-refractivity contribution in [2.75, 3.05) is 0 Å². The van der Waals surface area contributed by atoms with Crippen LogP contribution in [0.5, 0.6) is 0 Å². The number of hydrogen-bond donors (Lipinski definition) is 2. The maximum Gasteiger partial charge on any atom is 0.268 e. The molecule has 3 rings (SSSR count). The lowest BCUT2D eigenvalue weighted by Crippen LogP contribution is -2.41. The van der Waals surface area contributed by atoms with Crippen LogP contribution in [0.15, 0.2) is 60.3 Å². The van der Waals surface area contributed by atoms with E-state index in [1.165, 1.54) is 6.42 Å². The van der Waals surface area contributed by atoms with E-state index in [1.54, 1.807) is 12.1 Å². The van der Waals surface area contributed by atoms with Crippen molar-refractivity contribution >= 4 is 17.4 Å². The molecule has 1 aliphatic carbocycles. The number of rotatable bonds is 5. The molecule has 0 bridgehead atoms. The van der Waals surface area contributed by atoms with E-state index in [-0.39, 0.29) is 17.9 Å². The summed E-state index contributed by atoms with van der Waals surface area (Å²) in [4.78, 5) is 25.8. The van der Waals surface area contributed by atoms with E-state index in [2.05, 4.69) is 10.6 Å². The van der Waals surface area contributed by atoms with Crippen LogP contribution in [-0.4, -0.2) is 17.9 Å². The molecule has 2 aromatic carbocycles. The molecule has 2 N–H and O–H groups in total. The first-order valence-electron chi connectivity index (χ1n) is 10.00. The molecule has 1 aliphatic rings. The molecule has 0 aliphatic heterocycles. The third kappa shape index (κ3) is 5.10. The fourth-order valence-electron chi connectivity index (χ4n) is 3.55. The molecule has 0 atom stereocenters. The minimum Gasteiger partial charge on any atom is -0.348 e. The van der Waals surface area contributed by atoms with Gasteiger partial charge in [-0.25, -0.2) is 0 Å². The van der Waals surface area contributed by atoms with Crippen LogP contribution in [0.25, 0.3) is 5.57 Å². The molecule has 1 fully saturated rings. The van der Waals surface area contributed by atoms with E-state index in [1.807, 2.05) is 56.3 Å². The zero-order valence-electron chi connectivity index (χ0n) is 16.6. The van der Waals surface area contributed by atoms with Crippen molar-refractivity contribution in [1.82, 2.24) is 10.6 Å². The smallest absolute Gasteiger partial charge is 0.268 e. The highest BCUT2D eigenvalue weighted by Crippen LogP contribution is 2.21. The first kappa shape index (κ1) is 19.9. The molecule has 2 aromatic rings. The quantitative estimate of drug-likeness (QED) is 0.749. The zero-order valence-corrected chi connectivity index (χ0v) is 16.6. The van der Waals surface area contributed by atoms with Gasteiger partial charge in [0.15, 0.2) is 0 Å². The Morgan fingerprint density at radius 1 is 0.857 bits per heavy atom. The van der Waals surface area contributed by atoms with Gasteiger partial charge >= 0.3 is 0 Å². The Morgan fingerprint density at radius 3 is 2.14 bits per heavy atom. The second-order valence-electron chi connectivity index (χ2n) is 7.49. The van der Waals surface area contributed by atoms with Crippen molar-refractivity contribution in [3.8, 4) is 0 Å². The van der Waals surface area contributed by atoms with Crippen molar-refractivity contribution in [1.29, 1.82) is 0 Å². The van der Waals surface area contributed by atoms with Gasteiger partial charge in [-0.2, -0.15) is 0 Å². The summed E-state index contributed by atoms with van der Waals surface area (Å²) in [6.45, 7) is 3.91. The van der Waals surface area contributed by atoms with Crippen molar-refractivity contribution in [3.05, 3.63) is 77.0 Å². The van der Waals surface area contributed by atoms with Gasteiger partial charge in [-0.15, -0.1) is 0 Å². The molecule has 0 radical (unpaired) electrons. The number of carbonyl (C=O) groups excluding carboxylic acids is 2. The van der Waals surface area contributed by atoms with Crippen LogP contribution < -0.4 is 10.6 Å². The monoisotopic (exact) mass is 376 g/mol. The molecule has 0 unspecified atom stereocenters. The number of hydrogen-bond acceptors (Lipinski definition) is 2. The Balaban J connectivity index is 1.88. The lowest BCUT2D eigenvalue weighted by Gasteiger charge is -2.24. The van der Waals surface area contributed by atoms with E-state index < -0.39 is 0 Å². The number of amides is 2. The number of aryl methyl sites for hydroxylation is 1. The topological polar surface area (TPSA) is 58.2 Å². The van der Waals surface area contributed by atoms with Gasteiger partial charge in [0, 0.05) is 11.6 Å². The predicted octanol–water partition coefficient (Wildman–Crippen LogP) is 4.60. The summed E-state index contributed by atoms with van der Waals surface area (Å²) >= 11 is 0. The second-order valence-corrected chi connectivity index (χ2v) is 7.49. The number of carbonyl (C=O) groups is 2. The third-order valence-corrected chi connectivity index (χ3v) is 5.30. The molecule has 28 heavy (non-hydrogen) atoms. The average molecular weight is 377 g/mol. The highest BCUT2D eigenvalue weighted by atomic mass is 16.2. The minimum absolute atomic E-state index is 0.177. The molecule has 0 heterocycles. The van der Waals surface area contributed by atoms with E-state index in [0.29, 0.717) is 11.3 Å². The van der Waals surface area contributed by atoms with Crippen LogP contribution in [0.4, 0.5) is 0 Å². The summed E-state index contributed by atoms with van der Waals surface area (Å²) < 4.78 is 0. The molecule has 0 saturated heterocycles. The molecule has 2 amide bonds. The highest BCUT2D eigenvalue weighted by molar-refractivity contribution is 6.07. The number of allylic oxidation sites excluding steroid dienone is 1. The van der Waals surface area contributed by atoms with E-state index in [9.17, 15) is 9.59 Å². The maximum absolute atomic E-state index is 13.1. The summed E-state index contributed by atoms with van der Waals surface area (Å²) in [5.41, 5.74) is 3.69. The summed E-state index contributed by atoms with van der Waals surface area (Å²) in [5, 5.41) is 5.99. The molecule has 4 nitrogen and oxygen atoms in total. The molecule has 1 saturated carbocycles. The van der Waals surface area contributed by atoms with Gasteiger partial charge in [0.2, 0.25) is 0 Å². The number of nitrogens with one attached hydrogen (secondary N) is 2. The van der Waals surface area contributed by atoms with Crippen molar-refractivity contribution in [2.24, 2.45) is 0 Å². The van der Waals surface area contributed by atoms with Gasteiger partial charge in [-0.1, -0.05) is 67.3 Å². The lowest BCUT2D eigenvalue weighted by atomic mass is 9.95. The van der Waals surface area contributed by atoms with Crippen LogP contribution in [0.2, 0.25) is 0 Å². The minimum atomic E-state index is -0.277. The van der Waals surface area contributed by atoms with Crippen LogP contribution in [-0.2, 0) is 4.79 Å². The van der Waals surface area contributed by atoms with Crippen molar-refractivity contribution < 1.29 is 9.59 Å². The molecule has 4 heteroatoms. The van der Waals surface area contributed by atoms with Gasteiger partial charge in [0.05, 0.1) is 0 Å². The molecule has 0 spiro atoms.